The molecule has 0 bridgehead atoms. The molecule has 2 aliphatic rings. The predicted octanol–water partition coefficient (Wildman–Crippen LogP) is 2.40. The highest BCUT2D eigenvalue weighted by Crippen LogP contribution is 2.25. The molecule has 0 aromatic carbocycles. The molecule has 0 spiro atoms. The second-order valence-corrected chi connectivity index (χ2v) is 6.47. The van der Waals surface area contributed by atoms with E-state index >= 15 is 0 Å². The lowest BCUT2D eigenvalue weighted by Crippen LogP contribution is -2.40. The molecule has 0 aliphatic carbocycles. The number of ether oxygens (including phenoxy) is 1. The molecular weight excluding hydrogens is 257 g/mol. The quantitative estimate of drug-likeness (QED) is 0.692. The molecule has 0 saturated carbocycles. The van der Waals surface area contributed by atoms with Crippen molar-refractivity contribution in [1.82, 2.24) is 4.90 Å². The summed E-state index contributed by atoms with van der Waals surface area (Å²) in [6, 6.07) is 0. The highest BCUT2D eigenvalue weighted by Gasteiger charge is 2.38. The second-order valence-electron chi connectivity index (χ2n) is 6.47. The van der Waals surface area contributed by atoms with Crippen LogP contribution in [0.1, 0.15) is 41.0 Å². The fourth-order valence-corrected chi connectivity index (χ4v) is 2.21. The summed E-state index contributed by atoms with van der Waals surface area (Å²) in [6.45, 7) is 10.8. The zero-order chi connectivity index (χ0) is 14.9. The third kappa shape index (κ3) is 3.76. The minimum Gasteiger partial charge on any atom is -0.444 e. The van der Waals surface area contributed by atoms with E-state index in [4.69, 9.17) is 14.0 Å². The van der Waals surface area contributed by atoms with E-state index in [-0.39, 0.29) is 25.4 Å². The molecule has 20 heavy (non-hydrogen) atoms. The van der Waals surface area contributed by atoms with Crippen LogP contribution in [0.3, 0.4) is 0 Å². The second kappa shape index (κ2) is 5.78. The Morgan fingerprint density at radius 1 is 1.35 bits per heavy atom. The Bertz CT molecular complexity index is 394. The van der Waals surface area contributed by atoms with E-state index in [1.54, 1.807) is 4.90 Å². The SMILES string of the molecule is CC1OB(C2=CCN(C(=O)OC(C)(C)C)CC2)OC1C. The van der Waals surface area contributed by atoms with Crippen LogP contribution < -0.4 is 0 Å². The molecule has 5 nitrogen and oxygen atoms in total. The van der Waals surface area contributed by atoms with Crippen LogP contribution in [0.5, 0.6) is 0 Å². The van der Waals surface area contributed by atoms with Crippen molar-refractivity contribution in [2.24, 2.45) is 0 Å². The molecule has 2 heterocycles. The average molecular weight is 281 g/mol. The summed E-state index contributed by atoms with van der Waals surface area (Å²) >= 11 is 0. The van der Waals surface area contributed by atoms with E-state index in [0.29, 0.717) is 13.1 Å². The lowest BCUT2D eigenvalue weighted by atomic mass is 9.75. The number of carbonyl (C=O) groups is 1. The molecule has 0 radical (unpaired) electrons. The maximum atomic E-state index is 12.0. The fourth-order valence-electron chi connectivity index (χ4n) is 2.21. The first-order chi connectivity index (χ1) is 9.26. The van der Waals surface area contributed by atoms with Crippen LogP contribution >= 0.6 is 0 Å². The normalized spacial score (nSPS) is 27.6. The molecule has 0 aromatic heterocycles. The molecule has 1 fully saturated rings. The standard InChI is InChI=1S/C14H24BNO4/c1-10-11(2)20-15(19-10)12-6-8-16(9-7-12)13(17)18-14(3,4)5/h6,10-11H,7-9H2,1-5H3. The van der Waals surface area contributed by atoms with Crippen molar-refractivity contribution < 1.29 is 18.8 Å². The maximum Gasteiger partial charge on any atom is 0.489 e. The van der Waals surface area contributed by atoms with Crippen LogP contribution in [0.4, 0.5) is 4.79 Å². The minimum atomic E-state index is -0.455. The molecule has 1 saturated heterocycles. The molecule has 2 unspecified atom stereocenters. The number of hydrogen-bond donors (Lipinski definition) is 0. The number of carbonyl (C=O) groups excluding carboxylic acids is 1. The van der Waals surface area contributed by atoms with Gasteiger partial charge < -0.3 is 18.9 Å². The zero-order valence-corrected chi connectivity index (χ0v) is 13.0. The Morgan fingerprint density at radius 2 is 1.95 bits per heavy atom. The summed E-state index contributed by atoms with van der Waals surface area (Å²) in [7, 11) is -0.249. The highest BCUT2D eigenvalue weighted by atomic mass is 16.7. The fraction of sp³-hybridized carbons (Fsp3) is 0.786. The molecule has 6 heteroatoms. The molecule has 112 valence electrons. The van der Waals surface area contributed by atoms with E-state index < -0.39 is 5.60 Å². The lowest BCUT2D eigenvalue weighted by Gasteiger charge is -2.29. The average Bonchev–Trinajstić information content (AvgIpc) is 2.68. The number of nitrogens with zero attached hydrogens (tertiary/aromatic N) is 1. The van der Waals surface area contributed by atoms with Crippen molar-refractivity contribution in [1.29, 1.82) is 0 Å². The lowest BCUT2D eigenvalue weighted by molar-refractivity contribution is 0.0266. The molecule has 2 aliphatic heterocycles. The van der Waals surface area contributed by atoms with Gasteiger partial charge in [-0.05, 0) is 46.5 Å². The van der Waals surface area contributed by atoms with Gasteiger partial charge in [-0.25, -0.2) is 4.79 Å². The largest absolute Gasteiger partial charge is 0.489 e. The van der Waals surface area contributed by atoms with E-state index in [1.165, 1.54) is 0 Å². The molecular formula is C14H24BNO4. The summed E-state index contributed by atoms with van der Waals surface area (Å²) in [5.74, 6) is 0. The summed E-state index contributed by atoms with van der Waals surface area (Å²) in [5.41, 5.74) is 0.671. The monoisotopic (exact) mass is 281 g/mol. The zero-order valence-electron chi connectivity index (χ0n) is 13.0. The Balaban J connectivity index is 1.89. The first kappa shape index (κ1) is 15.4. The van der Waals surface area contributed by atoms with Gasteiger partial charge in [0.2, 0.25) is 0 Å². The van der Waals surface area contributed by atoms with Crippen molar-refractivity contribution >= 4 is 13.2 Å². The van der Waals surface area contributed by atoms with Crippen molar-refractivity contribution in [3.05, 3.63) is 11.5 Å². The van der Waals surface area contributed by atoms with Crippen LogP contribution in [0.2, 0.25) is 0 Å². The van der Waals surface area contributed by atoms with Gasteiger partial charge in [-0.1, -0.05) is 6.08 Å². The maximum absolute atomic E-state index is 12.0. The molecule has 2 rings (SSSR count). The van der Waals surface area contributed by atoms with Crippen LogP contribution in [0.15, 0.2) is 11.5 Å². The third-order valence-electron chi connectivity index (χ3n) is 3.54. The molecule has 2 atom stereocenters. The van der Waals surface area contributed by atoms with Crippen molar-refractivity contribution in [3.63, 3.8) is 0 Å². The van der Waals surface area contributed by atoms with Crippen molar-refractivity contribution in [2.75, 3.05) is 13.1 Å². The highest BCUT2D eigenvalue weighted by molar-refractivity contribution is 6.54. The van der Waals surface area contributed by atoms with Gasteiger partial charge in [-0.2, -0.15) is 0 Å². The molecule has 0 N–H and O–H groups in total. The van der Waals surface area contributed by atoms with E-state index in [9.17, 15) is 4.79 Å². The third-order valence-corrected chi connectivity index (χ3v) is 3.54. The van der Waals surface area contributed by atoms with Crippen LogP contribution in [-0.2, 0) is 14.0 Å². The molecule has 0 aromatic rings. The summed E-state index contributed by atoms with van der Waals surface area (Å²) < 4.78 is 16.9. The Kier molecular flexibility index (Phi) is 4.44. The first-order valence-corrected chi connectivity index (χ1v) is 7.24. The Hall–Kier alpha value is -1.01. The van der Waals surface area contributed by atoms with E-state index in [1.807, 2.05) is 40.7 Å². The summed E-state index contributed by atoms with van der Waals surface area (Å²) in [4.78, 5) is 13.7. The van der Waals surface area contributed by atoms with Gasteiger partial charge in [0.1, 0.15) is 5.60 Å². The van der Waals surface area contributed by atoms with Gasteiger partial charge in [-0.3, -0.25) is 0 Å². The minimum absolute atomic E-state index is 0.116. The van der Waals surface area contributed by atoms with Gasteiger partial charge in [0.15, 0.2) is 0 Å². The smallest absolute Gasteiger partial charge is 0.444 e. The van der Waals surface area contributed by atoms with Crippen LogP contribution in [-0.4, -0.2) is 49.0 Å². The topological polar surface area (TPSA) is 48.0 Å². The van der Waals surface area contributed by atoms with Gasteiger partial charge in [-0.15, -0.1) is 0 Å². The Morgan fingerprint density at radius 3 is 2.40 bits per heavy atom. The number of hydrogen-bond acceptors (Lipinski definition) is 4. The van der Waals surface area contributed by atoms with Gasteiger partial charge in [0.25, 0.3) is 0 Å². The van der Waals surface area contributed by atoms with Gasteiger partial charge >= 0.3 is 13.2 Å². The summed E-state index contributed by atoms with van der Waals surface area (Å²) in [6.07, 6.45) is 2.75. The number of rotatable bonds is 1. The van der Waals surface area contributed by atoms with Crippen molar-refractivity contribution in [3.8, 4) is 0 Å². The molecule has 1 amide bonds. The van der Waals surface area contributed by atoms with Gasteiger partial charge in [0, 0.05) is 13.1 Å². The Labute approximate surface area is 121 Å². The van der Waals surface area contributed by atoms with E-state index in [2.05, 4.69) is 0 Å². The van der Waals surface area contributed by atoms with Gasteiger partial charge in [0.05, 0.1) is 12.2 Å². The van der Waals surface area contributed by atoms with Crippen LogP contribution in [0, 0.1) is 0 Å². The van der Waals surface area contributed by atoms with Crippen LogP contribution in [0.25, 0.3) is 0 Å². The first-order valence-electron chi connectivity index (χ1n) is 7.24. The predicted molar refractivity (Wildman–Crippen MR) is 77.4 cm³/mol. The van der Waals surface area contributed by atoms with Crippen molar-refractivity contribution in [2.45, 2.75) is 58.8 Å². The van der Waals surface area contributed by atoms with E-state index in [0.717, 1.165) is 11.9 Å². The number of amides is 1. The summed E-state index contributed by atoms with van der Waals surface area (Å²) in [5, 5.41) is 0.